The summed E-state index contributed by atoms with van der Waals surface area (Å²) in [5.41, 5.74) is 2.23. The van der Waals surface area contributed by atoms with Crippen molar-refractivity contribution >= 4 is 63.2 Å². The minimum Gasteiger partial charge on any atom is -0.490 e. The predicted octanol–water partition coefficient (Wildman–Crippen LogP) is 7.30. The van der Waals surface area contributed by atoms with E-state index < -0.39 is 17.0 Å². The number of rotatable bonds is 8. The molecule has 0 spiro atoms. The first kappa shape index (κ1) is 25.5. The Morgan fingerprint density at radius 3 is 2.57 bits per heavy atom. The molecule has 3 aromatic rings. The molecular formula is C26H20ClFINO4S. The van der Waals surface area contributed by atoms with Crippen LogP contribution < -0.4 is 9.47 Å². The van der Waals surface area contributed by atoms with Crippen molar-refractivity contribution in [3.8, 4) is 11.5 Å². The molecule has 2 amide bonds. The summed E-state index contributed by atoms with van der Waals surface area (Å²) in [6.45, 7) is 2.68. The SMILES string of the molecule is CCOc1cc(/C=C2/SC(=O)N(Cc3ccc(F)cc3Cl)C2=O)cc(I)c1OCc1ccccc1. The third kappa shape index (κ3) is 6.17. The minimum atomic E-state index is -0.483. The molecule has 0 bridgehead atoms. The van der Waals surface area contributed by atoms with E-state index in [1.54, 1.807) is 12.1 Å². The number of thioether (sulfide) groups is 1. The molecule has 1 aliphatic rings. The lowest BCUT2D eigenvalue weighted by Crippen LogP contribution is -2.27. The topological polar surface area (TPSA) is 55.8 Å². The number of hydrogen-bond donors (Lipinski definition) is 0. The van der Waals surface area contributed by atoms with Crippen LogP contribution >= 0.6 is 46.0 Å². The quantitative estimate of drug-likeness (QED) is 0.195. The molecule has 180 valence electrons. The van der Waals surface area contributed by atoms with Crippen LogP contribution in [0, 0.1) is 9.39 Å². The van der Waals surface area contributed by atoms with Crippen molar-refractivity contribution in [2.45, 2.75) is 20.1 Å². The highest BCUT2D eigenvalue weighted by Gasteiger charge is 2.35. The fraction of sp³-hybridized carbons (Fsp3) is 0.154. The smallest absolute Gasteiger partial charge is 0.293 e. The van der Waals surface area contributed by atoms with Crippen molar-refractivity contribution in [2.24, 2.45) is 0 Å². The van der Waals surface area contributed by atoms with Gasteiger partial charge in [0.25, 0.3) is 11.1 Å². The molecule has 9 heteroatoms. The van der Waals surface area contributed by atoms with Crippen LogP contribution in [0.4, 0.5) is 9.18 Å². The lowest BCUT2D eigenvalue weighted by atomic mass is 10.1. The highest BCUT2D eigenvalue weighted by Crippen LogP contribution is 2.38. The summed E-state index contributed by atoms with van der Waals surface area (Å²) in [5.74, 6) is 0.257. The van der Waals surface area contributed by atoms with E-state index in [0.29, 0.717) is 35.8 Å². The van der Waals surface area contributed by atoms with E-state index in [-0.39, 0.29) is 16.5 Å². The molecule has 3 aromatic carbocycles. The van der Waals surface area contributed by atoms with Gasteiger partial charge in [-0.1, -0.05) is 48.0 Å². The molecule has 0 N–H and O–H groups in total. The first-order valence-corrected chi connectivity index (χ1v) is 13.0. The molecule has 0 atom stereocenters. The Kier molecular flexibility index (Phi) is 8.35. The number of halogens is 3. The molecular weight excluding hydrogens is 604 g/mol. The summed E-state index contributed by atoms with van der Waals surface area (Å²) >= 11 is 9.09. The first-order valence-electron chi connectivity index (χ1n) is 10.7. The Morgan fingerprint density at radius 2 is 1.86 bits per heavy atom. The van der Waals surface area contributed by atoms with Crippen LogP contribution in [0.1, 0.15) is 23.6 Å². The van der Waals surface area contributed by atoms with E-state index in [0.717, 1.165) is 31.9 Å². The van der Waals surface area contributed by atoms with Crippen LogP contribution in [0.3, 0.4) is 0 Å². The van der Waals surface area contributed by atoms with Gasteiger partial charge in [0.2, 0.25) is 0 Å². The van der Waals surface area contributed by atoms with E-state index in [9.17, 15) is 14.0 Å². The number of nitrogens with zero attached hydrogens (tertiary/aromatic N) is 1. The maximum atomic E-state index is 13.3. The number of imide groups is 1. The fourth-order valence-corrected chi connectivity index (χ4v) is 5.26. The van der Waals surface area contributed by atoms with Gasteiger partial charge in [0, 0.05) is 5.02 Å². The van der Waals surface area contributed by atoms with Gasteiger partial charge in [-0.15, -0.1) is 0 Å². The van der Waals surface area contributed by atoms with Crippen molar-refractivity contribution in [1.82, 2.24) is 4.90 Å². The molecule has 1 aliphatic heterocycles. The maximum Gasteiger partial charge on any atom is 0.293 e. The Hall–Kier alpha value is -2.56. The molecule has 1 heterocycles. The molecule has 0 aromatic heterocycles. The average molecular weight is 624 g/mol. The van der Waals surface area contributed by atoms with Crippen molar-refractivity contribution in [3.63, 3.8) is 0 Å². The first-order chi connectivity index (χ1) is 16.9. The van der Waals surface area contributed by atoms with Gasteiger partial charge in [0.05, 0.1) is 21.6 Å². The van der Waals surface area contributed by atoms with Gasteiger partial charge >= 0.3 is 0 Å². The second-order valence-electron chi connectivity index (χ2n) is 7.54. The van der Waals surface area contributed by atoms with E-state index in [4.69, 9.17) is 21.1 Å². The van der Waals surface area contributed by atoms with E-state index in [1.165, 1.54) is 12.1 Å². The van der Waals surface area contributed by atoms with Crippen LogP contribution in [0.2, 0.25) is 5.02 Å². The number of hydrogen-bond acceptors (Lipinski definition) is 5. The fourth-order valence-electron chi connectivity index (χ4n) is 3.41. The highest BCUT2D eigenvalue weighted by molar-refractivity contribution is 14.1. The van der Waals surface area contributed by atoms with E-state index in [2.05, 4.69) is 22.6 Å². The number of amides is 2. The van der Waals surface area contributed by atoms with Gasteiger partial charge < -0.3 is 9.47 Å². The van der Waals surface area contributed by atoms with Gasteiger partial charge in [-0.25, -0.2) is 4.39 Å². The van der Waals surface area contributed by atoms with Crippen LogP contribution in [0.5, 0.6) is 11.5 Å². The van der Waals surface area contributed by atoms with Crippen LogP contribution in [-0.2, 0) is 17.9 Å². The summed E-state index contributed by atoms with van der Waals surface area (Å²) in [6.07, 6.45) is 1.66. The standard InChI is InChI=1S/C26H20ClFINO4S/c1-2-33-22-11-17(10-21(29)24(22)34-15-16-6-4-3-5-7-16)12-23-25(31)30(26(32)35-23)14-18-8-9-19(28)13-20(18)27/h3-13H,2,14-15H2,1H3/b23-12+. The van der Waals surface area contributed by atoms with Crippen molar-refractivity contribution < 1.29 is 23.5 Å². The predicted molar refractivity (Wildman–Crippen MR) is 144 cm³/mol. The average Bonchev–Trinajstić information content (AvgIpc) is 3.08. The van der Waals surface area contributed by atoms with Gasteiger partial charge in [-0.3, -0.25) is 14.5 Å². The van der Waals surface area contributed by atoms with Gasteiger partial charge in [0.15, 0.2) is 11.5 Å². The second-order valence-corrected chi connectivity index (χ2v) is 10.1. The molecule has 5 nitrogen and oxygen atoms in total. The van der Waals surface area contributed by atoms with Gasteiger partial charge in [0.1, 0.15) is 12.4 Å². The van der Waals surface area contributed by atoms with Crippen LogP contribution in [-0.4, -0.2) is 22.7 Å². The summed E-state index contributed by atoms with van der Waals surface area (Å²) < 4.78 is 26.0. The number of benzene rings is 3. The largest absolute Gasteiger partial charge is 0.490 e. The molecule has 0 saturated carbocycles. The number of ether oxygens (including phenoxy) is 2. The molecule has 0 unspecified atom stereocenters. The third-order valence-corrected chi connectivity index (χ3v) is 7.13. The van der Waals surface area contributed by atoms with Crippen molar-refractivity contribution in [1.29, 1.82) is 0 Å². The zero-order valence-electron chi connectivity index (χ0n) is 18.6. The Morgan fingerprint density at radius 1 is 1.09 bits per heavy atom. The lowest BCUT2D eigenvalue weighted by molar-refractivity contribution is -0.123. The Balaban J connectivity index is 1.56. The Labute approximate surface area is 225 Å². The van der Waals surface area contributed by atoms with Crippen molar-refractivity contribution in [2.75, 3.05) is 6.61 Å². The van der Waals surface area contributed by atoms with Crippen LogP contribution in [0.25, 0.3) is 6.08 Å². The van der Waals surface area contributed by atoms with Gasteiger partial charge in [-0.2, -0.15) is 0 Å². The molecule has 0 aliphatic carbocycles. The molecule has 0 radical (unpaired) electrons. The zero-order chi connectivity index (χ0) is 24.9. The molecule has 1 saturated heterocycles. The monoisotopic (exact) mass is 623 g/mol. The summed E-state index contributed by atoms with van der Waals surface area (Å²) in [4.78, 5) is 26.9. The third-order valence-electron chi connectivity index (χ3n) is 5.07. The van der Waals surface area contributed by atoms with E-state index in [1.807, 2.05) is 43.3 Å². The van der Waals surface area contributed by atoms with Gasteiger partial charge in [-0.05, 0) is 88.3 Å². The second kappa shape index (κ2) is 11.5. The highest BCUT2D eigenvalue weighted by atomic mass is 127. The van der Waals surface area contributed by atoms with E-state index >= 15 is 0 Å². The molecule has 35 heavy (non-hydrogen) atoms. The van der Waals surface area contributed by atoms with Crippen molar-refractivity contribution in [3.05, 3.63) is 96.7 Å². The summed E-state index contributed by atoms with van der Waals surface area (Å²) in [6, 6.07) is 17.3. The zero-order valence-corrected chi connectivity index (χ0v) is 22.3. The van der Waals surface area contributed by atoms with Crippen LogP contribution in [0.15, 0.2) is 65.6 Å². The lowest BCUT2D eigenvalue weighted by Gasteiger charge is -2.15. The number of carbonyl (C=O) groups is 2. The Bertz CT molecular complexity index is 1300. The summed E-state index contributed by atoms with van der Waals surface area (Å²) in [7, 11) is 0. The molecule has 1 fully saturated rings. The molecule has 4 rings (SSSR count). The normalized spacial score (nSPS) is 14.6. The maximum absolute atomic E-state index is 13.3. The number of carbonyl (C=O) groups excluding carboxylic acids is 2. The summed E-state index contributed by atoms with van der Waals surface area (Å²) in [5, 5.41) is -0.251. The minimum absolute atomic E-state index is 0.0326.